The van der Waals surface area contributed by atoms with Crippen LogP contribution in [0.3, 0.4) is 0 Å². The molecule has 5 rings (SSSR count). The second-order valence-corrected chi connectivity index (χ2v) is 9.59. The summed E-state index contributed by atoms with van der Waals surface area (Å²) in [6, 6.07) is 21.9. The van der Waals surface area contributed by atoms with Gasteiger partial charge in [-0.3, -0.25) is 9.13 Å². The van der Waals surface area contributed by atoms with Crippen LogP contribution in [0.2, 0.25) is 0 Å². The van der Waals surface area contributed by atoms with Crippen molar-refractivity contribution in [3.05, 3.63) is 99.1 Å². The van der Waals surface area contributed by atoms with Gasteiger partial charge in [0.1, 0.15) is 11.4 Å². The van der Waals surface area contributed by atoms with Crippen LogP contribution in [0, 0.1) is 0 Å². The molecule has 1 N–H and O–H groups in total. The van der Waals surface area contributed by atoms with Crippen LogP contribution < -0.4 is 10.4 Å². The molecule has 2 heterocycles. The number of benzene rings is 3. The van der Waals surface area contributed by atoms with Gasteiger partial charge in [0, 0.05) is 21.9 Å². The van der Waals surface area contributed by atoms with E-state index in [1.54, 1.807) is 11.7 Å². The zero-order valence-electron chi connectivity index (χ0n) is 20.7. The number of methoxy groups -OCH3 is 1. The predicted molar refractivity (Wildman–Crippen MR) is 147 cm³/mol. The van der Waals surface area contributed by atoms with Crippen molar-refractivity contribution in [2.45, 2.75) is 32.7 Å². The predicted octanol–water partition coefficient (Wildman–Crippen LogP) is 5.65. The van der Waals surface area contributed by atoms with E-state index in [1.165, 1.54) is 0 Å². The Morgan fingerprint density at radius 3 is 2.49 bits per heavy atom. The van der Waals surface area contributed by atoms with Gasteiger partial charge in [-0.2, -0.15) is 5.21 Å². The molecule has 0 aliphatic heterocycles. The van der Waals surface area contributed by atoms with E-state index in [0.29, 0.717) is 23.8 Å². The third-order valence-electron chi connectivity index (χ3n) is 6.38. The van der Waals surface area contributed by atoms with E-state index in [1.807, 2.05) is 53.2 Å². The molecule has 8 nitrogen and oxygen atoms in total. The number of hydrogen-bond acceptors (Lipinski definition) is 5. The molecule has 0 saturated heterocycles. The van der Waals surface area contributed by atoms with E-state index in [0.717, 1.165) is 51.7 Å². The number of hydrogen-bond donors (Lipinski definition) is 1. The Bertz CT molecular complexity index is 1550. The summed E-state index contributed by atoms with van der Waals surface area (Å²) >= 11 is 3.60. The summed E-state index contributed by atoms with van der Waals surface area (Å²) in [4.78, 5) is 13.7. The number of H-pyrrole nitrogens is 1. The van der Waals surface area contributed by atoms with Crippen LogP contribution in [0.4, 0.5) is 0 Å². The molecule has 2 aromatic heterocycles. The number of tetrazole rings is 1. The molecule has 0 bridgehead atoms. The van der Waals surface area contributed by atoms with Crippen LogP contribution in [0.25, 0.3) is 28.2 Å². The molecule has 0 amide bonds. The topological polar surface area (TPSA) is 90.6 Å². The molecular weight excluding hydrogens is 532 g/mol. The monoisotopic (exact) mass is 558 g/mol. The standard InChI is InChI=1S/C28H27BrN6O2/c1-3-4-8-21-18-35(26-24(29)11-7-12-25(26)37-2)28(36)34(21)17-19-13-15-20(16-14-19)22-9-5-6-10-23(22)27-30-32-33-31-27/h5-7,9-16,18H,3-4,8,17H2,1-2H3,(H,30,31,32,33). The van der Waals surface area contributed by atoms with Gasteiger partial charge >= 0.3 is 5.69 Å². The molecule has 0 aliphatic carbocycles. The van der Waals surface area contributed by atoms with Gasteiger partial charge in [0.25, 0.3) is 0 Å². The highest BCUT2D eigenvalue weighted by atomic mass is 79.9. The molecule has 0 spiro atoms. The number of para-hydroxylation sites is 1. The average molecular weight is 559 g/mol. The summed E-state index contributed by atoms with van der Waals surface area (Å²) in [5, 5.41) is 14.5. The minimum Gasteiger partial charge on any atom is -0.495 e. The highest BCUT2D eigenvalue weighted by Gasteiger charge is 2.18. The van der Waals surface area contributed by atoms with Gasteiger partial charge in [0.15, 0.2) is 0 Å². The maximum atomic E-state index is 13.7. The third-order valence-corrected chi connectivity index (χ3v) is 7.02. The lowest BCUT2D eigenvalue weighted by Gasteiger charge is -2.11. The highest BCUT2D eigenvalue weighted by molar-refractivity contribution is 9.10. The minimum atomic E-state index is -0.0946. The van der Waals surface area contributed by atoms with Crippen LogP contribution in [-0.4, -0.2) is 36.9 Å². The van der Waals surface area contributed by atoms with Crippen molar-refractivity contribution in [1.82, 2.24) is 29.8 Å². The fraction of sp³-hybridized carbons (Fsp3) is 0.214. The van der Waals surface area contributed by atoms with Crippen molar-refractivity contribution in [3.8, 4) is 34.0 Å². The first kappa shape index (κ1) is 24.7. The minimum absolute atomic E-state index is 0.0946. The van der Waals surface area contributed by atoms with Gasteiger partial charge in [-0.05, 0) is 62.8 Å². The lowest BCUT2D eigenvalue weighted by Crippen LogP contribution is -2.25. The molecule has 0 fully saturated rings. The molecule has 9 heteroatoms. The number of halogens is 1. The zero-order chi connectivity index (χ0) is 25.8. The summed E-state index contributed by atoms with van der Waals surface area (Å²) in [6.07, 6.45) is 4.81. The van der Waals surface area contributed by atoms with Gasteiger partial charge in [-0.25, -0.2) is 4.79 Å². The number of aromatic nitrogens is 6. The molecule has 0 aliphatic rings. The fourth-order valence-corrected chi connectivity index (χ4v) is 5.02. The van der Waals surface area contributed by atoms with Gasteiger partial charge < -0.3 is 4.74 Å². The normalized spacial score (nSPS) is 11.1. The Hall–Kier alpha value is -3.98. The Kier molecular flexibility index (Phi) is 7.32. The molecule has 37 heavy (non-hydrogen) atoms. The first-order chi connectivity index (χ1) is 18.1. The van der Waals surface area contributed by atoms with Crippen LogP contribution >= 0.6 is 15.9 Å². The second-order valence-electron chi connectivity index (χ2n) is 8.73. The molecule has 0 saturated carbocycles. The summed E-state index contributed by atoms with van der Waals surface area (Å²) in [5.74, 6) is 1.19. The number of unbranched alkanes of at least 4 members (excludes halogenated alkanes) is 1. The van der Waals surface area contributed by atoms with E-state index in [4.69, 9.17) is 4.74 Å². The summed E-state index contributed by atoms with van der Waals surface area (Å²) in [7, 11) is 1.61. The molecule has 3 aromatic carbocycles. The summed E-state index contributed by atoms with van der Waals surface area (Å²) in [6.45, 7) is 2.63. The molecule has 0 atom stereocenters. The first-order valence-corrected chi connectivity index (χ1v) is 13.0. The summed E-state index contributed by atoms with van der Waals surface area (Å²) in [5.41, 5.74) is 5.61. The molecule has 5 aromatic rings. The van der Waals surface area contributed by atoms with Gasteiger partial charge in [0.2, 0.25) is 5.82 Å². The SMILES string of the molecule is CCCCc1cn(-c2c(Br)cccc2OC)c(=O)n1Cc1ccc(-c2ccccc2-c2nn[nH]n2)cc1. The highest BCUT2D eigenvalue weighted by Crippen LogP contribution is 2.31. The Morgan fingerprint density at radius 1 is 1.00 bits per heavy atom. The number of imidazole rings is 1. The number of aromatic amines is 1. The largest absolute Gasteiger partial charge is 0.495 e. The van der Waals surface area contributed by atoms with Crippen LogP contribution in [0.5, 0.6) is 5.75 Å². The van der Waals surface area contributed by atoms with E-state index in [2.05, 4.69) is 67.7 Å². The smallest absolute Gasteiger partial charge is 0.333 e. The van der Waals surface area contributed by atoms with Crippen molar-refractivity contribution in [2.24, 2.45) is 0 Å². The van der Waals surface area contributed by atoms with Crippen LogP contribution in [-0.2, 0) is 13.0 Å². The number of nitrogens with zero attached hydrogens (tertiary/aromatic N) is 5. The maximum absolute atomic E-state index is 13.7. The molecule has 0 radical (unpaired) electrons. The van der Waals surface area contributed by atoms with Gasteiger partial charge in [0.05, 0.1) is 13.7 Å². The van der Waals surface area contributed by atoms with Crippen LogP contribution in [0.15, 0.2) is 82.2 Å². The zero-order valence-corrected chi connectivity index (χ0v) is 22.3. The lowest BCUT2D eigenvalue weighted by atomic mass is 9.98. The van der Waals surface area contributed by atoms with E-state index in [9.17, 15) is 4.79 Å². The Balaban J connectivity index is 1.50. The third kappa shape index (κ3) is 4.99. The van der Waals surface area contributed by atoms with E-state index >= 15 is 0 Å². The van der Waals surface area contributed by atoms with Crippen molar-refractivity contribution in [1.29, 1.82) is 0 Å². The van der Waals surface area contributed by atoms with Crippen molar-refractivity contribution in [3.63, 3.8) is 0 Å². The Morgan fingerprint density at radius 2 is 1.78 bits per heavy atom. The first-order valence-electron chi connectivity index (χ1n) is 12.2. The molecular formula is C28H27BrN6O2. The van der Waals surface area contributed by atoms with Gasteiger partial charge in [-0.1, -0.05) is 67.9 Å². The van der Waals surface area contributed by atoms with Crippen LogP contribution in [0.1, 0.15) is 31.0 Å². The van der Waals surface area contributed by atoms with Crippen molar-refractivity contribution in [2.75, 3.05) is 7.11 Å². The van der Waals surface area contributed by atoms with E-state index in [-0.39, 0.29) is 5.69 Å². The van der Waals surface area contributed by atoms with Crippen molar-refractivity contribution < 1.29 is 4.74 Å². The number of aryl methyl sites for hydroxylation is 1. The average Bonchev–Trinajstić information content (AvgIpc) is 3.57. The quantitative estimate of drug-likeness (QED) is 0.252. The fourth-order valence-electron chi connectivity index (χ4n) is 4.49. The molecule has 0 unspecified atom stereocenters. The molecule has 188 valence electrons. The second kappa shape index (κ2) is 11.0. The number of rotatable bonds is 9. The van der Waals surface area contributed by atoms with Crippen molar-refractivity contribution >= 4 is 15.9 Å². The van der Waals surface area contributed by atoms with E-state index < -0.39 is 0 Å². The Labute approximate surface area is 223 Å². The van der Waals surface area contributed by atoms with Gasteiger partial charge in [-0.15, -0.1) is 10.2 Å². The number of nitrogens with one attached hydrogen (secondary N) is 1. The number of ether oxygens (including phenoxy) is 1. The maximum Gasteiger partial charge on any atom is 0.333 e. The lowest BCUT2D eigenvalue weighted by molar-refractivity contribution is 0.412. The summed E-state index contributed by atoms with van der Waals surface area (Å²) < 4.78 is 9.91.